The molecule has 0 aliphatic carbocycles. The summed E-state index contributed by atoms with van der Waals surface area (Å²) in [4.78, 5) is 20.5. The fourth-order valence-corrected chi connectivity index (χ4v) is 5.62. The molecule has 8 nitrogen and oxygen atoms in total. The molecule has 2 aromatic heterocycles. The standard InChI is InChI=1S/C24H24N4O4S/c29-24(25-16-19-7-4-14-32-19)18-10-12-28(13-11-18)33(30,31)20-8-9-21-22(15-20)27-23(26-21)17-5-2-1-3-6-17/h1-9,14-15,18H,10-13,16H2,(H,25,29)(H,26,27). The Kier molecular flexibility index (Phi) is 5.74. The van der Waals surface area contributed by atoms with Gasteiger partial charge >= 0.3 is 0 Å². The number of H-pyrrole nitrogens is 1. The van der Waals surface area contributed by atoms with Crippen LogP contribution in [0.5, 0.6) is 0 Å². The van der Waals surface area contributed by atoms with Crippen molar-refractivity contribution in [3.05, 3.63) is 72.7 Å². The first-order valence-corrected chi connectivity index (χ1v) is 12.3. The second-order valence-electron chi connectivity index (χ2n) is 8.11. The van der Waals surface area contributed by atoms with E-state index in [0.717, 1.165) is 5.56 Å². The molecule has 2 N–H and O–H groups in total. The Morgan fingerprint density at radius 3 is 2.61 bits per heavy atom. The number of imidazole rings is 1. The van der Waals surface area contributed by atoms with Crippen molar-refractivity contribution in [1.29, 1.82) is 0 Å². The first kappa shape index (κ1) is 21.4. The number of rotatable bonds is 6. The highest BCUT2D eigenvalue weighted by atomic mass is 32.2. The van der Waals surface area contributed by atoms with Crippen molar-refractivity contribution in [3.63, 3.8) is 0 Å². The van der Waals surface area contributed by atoms with Crippen LogP contribution in [0.3, 0.4) is 0 Å². The van der Waals surface area contributed by atoms with Crippen LogP contribution in [-0.2, 0) is 21.4 Å². The molecule has 0 radical (unpaired) electrons. The highest BCUT2D eigenvalue weighted by molar-refractivity contribution is 7.89. The van der Waals surface area contributed by atoms with E-state index in [1.165, 1.54) is 4.31 Å². The smallest absolute Gasteiger partial charge is 0.243 e. The van der Waals surface area contributed by atoms with Gasteiger partial charge in [0.2, 0.25) is 15.9 Å². The van der Waals surface area contributed by atoms with Crippen molar-refractivity contribution in [1.82, 2.24) is 19.6 Å². The lowest BCUT2D eigenvalue weighted by atomic mass is 9.97. The molecule has 1 fully saturated rings. The van der Waals surface area contributed by atoms with Gasteiger partial charge in [0.1, 0.15) is 11.6 Å². The molecule has 3 heterocycles. The molecular formula is C24H24N4O4S. The van der Waals surface area contributed by atoms with E-state index in [2.05, 4.69) is 15.3 Å². The average molecular weight is 465 g/mol. The number of sulfonamides is 1. The highest BCUT2D eigenvalue weighted by Crippen LogP contribution is 2.27. The van der Waals surface area contributed by atoms with Gasteiger partial charge in [0, 0.05) is 24.6 Å². The van der Waals surface area contributed by atoms with Crippen molar-refractivity contribution in [2.45, 2.75) is 24.3 Å². The van der Waals surface area contributed by atoms with Crippen molar-refractivity contribution in [3.8, 4) is 11.4 Å². The second-order valence-corrected chi connectivity index (χ2v) is 10.0. The number of aromatic nitrogens is 2. The van der Waals surface area contributed by atoms with Crippen LogP contribution in [0.1, 0.15) is 18.6 Å². The number of hydrogen-bond donors (Lipinski definition) is 2. The molecule has 5 rings (SSSR count). The minimum absolute atomic E-state index is 0.0734. The summed E-state index contributed by atoms with van der Waals surface area (Å²) in [6, 6.07) is 18.2. The lowest BCUT2D eigenvalue weighted by Gasteiger charge is -2.30. The Bertz CT molecular complexity index is 1360. The molecule has 1 aliphatic rings. The molecule has 0 unspecified atom stereocenters. The van der Waals surface area contributed by atoms with E-state index in [9.17, 15) is 13.2 Å². The van der Waals surface area contributed by atoms with E-state index >= 15 is 0 Å². The SMILES string of the molecule is O=C(NCc1ccco1)C1CCN(S(=O)(=O)c2ccc3nc(-c4ccccc4)[nH]c3c2)CC1. The number of benzene rings is 2. The molecule has 9 heteroatoms. The maximum atomic E-state index is 13.2. The summed E-state index contributed by atoms with van der Waals surface area (Å²) in [7, 11) is -3.67. The zero-order valence-corrected chi connectivity index (χ0v) is 18.7. The maximum absolute atomic E-state index is 13.2. The zero-order chi connectivity index (χ0) is 22.8. The molecule has 2 aromatic carbocycles. The third-order valence-electron chi connectivity index (χ3n) is 5.98. The van der Waals surface area contributed by atoms with Gasteiger partial charge in [-0.05, 0) is 43.2 Å². The van der Waals surface area contributed by atoms with E-state index in [1.54, 1.807) is 36.6 Å². The van der Waals surface area contributed by atoms with Crippen LogP contribution in [0.4, 0.5) is 0 Å². The van der Waals surface area contributed by atoms with E-state index in [1.807, 2.05) is 30.3 Å². The summed E-state index contributed by atoms with van der Waals surface area (Å²) in [6.45, 7) is 0.939. The number of furan rings is 1. The molecule has 1 saturated heterocycles. The Hall–Kier alpha value is -3.43. The Morgan fingerprint density at radius 1 is 1.09 bits per heavy atom. The summed E-state index contributed by atoms with van der Waals surface area (Å²) in [6.07, 6.45) is 2.52. The topological polar surface area (TPSA) is 108 Å². The third kappa shape index (κ3) is 4.42. The molecule has 0 atom stereocenters. The van der Waals surface area contributed by atoms with Crippen LogP contribution in [-0.4, -0.2) is 41.7 Å². The van der Waals surface area contributed by atoms with Gasteiger partial charge in [-0.2, -0.15) is 4.31 Å². The van der Waals surface area contributed by atoms with Crippen molar-refractivity contribution < 1.29 is 17.6 Å². The number of carbonyl (C=O) groups excluding carboxylic acids is 1. The minimum Gasteiger partial charge on any atom is -0.467 e. The van der Waals surface area contributed by atoms with Gasteiger partial charge in [-0.1, -0.05) is 30.3 Å². The van der Waals surface area contributed by atoms with Crippen LogP contribution >= 0.6 is 0 Å². The van der Waals surface area contributed by atoms with Gasteiger partial charge in [-0.15, -0.1) is 0 Å². The molecular weight excluding hydrogens is 440 g/mol. The molecule has 0 saturated carbocycles. The van der Waals surface area contributed by atoms with Gasteiger partial charge in [0.05, 0.1) is 28.7 Å². The van der Waals surface area contributed by atoms with Crippen LogP contribution in [0.25, 0.3) is 22.4 Å². The van der Waals surface area contributed by atoms with Gasteiger partial charge < -0.3 is 14.7 Å². The number of fused-ring (bicyclic) bond motifs is 1. The number of nitrogens with zero attached hydrogens (tertiary/aromatic N) is 2. The largest absolute Gasteiger partial charge is 0.467 e. The second kappa shape index (κ2) is 8.84. The molecule has 0 bridgehead atoms. The van der Waals surface area contributed by atoms with Crippen molar-refractivity contribution in [2.75, 3.05) is 13.1 Å². The predicted octanol–water partition coefficient (Wildman–Crippen LogP) is 3.54. The van der Waals surface area contributed by atoms with Crippen LogP contribution in [0.2, 0.25) is 0 Å². The fourth-order valence-electron chi connectivity index (χ4n) is 4.12. The summed E-state index contributed by atoms with van der Waals surface area (Å²) < 4.78 is 33.2. The quantitative estimate of drug-likeness (QED) is 0.454. The molecule has 1 aliphatic heterocycles. The summed E-state index contributed by atoms with van der Waals surface area (Å²) in [5.74, 6) is 1.10. The molecule has 1 amide bonds. The summed E-state index contributed by atoms with van der Waals surface area (Å²) >= 11 is 0. The third-order valence-corrected chi connectivity index (χ3v) is 7.87. The predicted molar refractivity (Wildman–Crippen MR) is 124 cm³/mol. The van der Waals surface area contributed by atoms with Crippen molar-refractivity contribution >= 4 is 27.0 Å². The van der Waals surface area contributed by atoms with Crippen LogP contribution < -0.4 is 5.32 Å². The van der Waals surface area contributed by atoms with Crippen LogP contribution in [0, 0.1) is 5.92 Å². The van der Waals surface area contributed by atoms with Gasteiger partial charge in [-0.25, -0.2) is 13.4 Å². The Morgan fingerprint density at radius 2 is 1.88 bits per heavy atom. The Balaban J connectivity index is 1.26. The van der Waals surface area contributed by atoms with Gasteiger partial charge in [0.15, 0.2) is 0 Å². The number of piperidine rings is 1. The van der Waals surface area contributed by atoms with E-state index in [4.69, 9.17) is 4.42 Å². The normalized spacial score (nSPS) is 15.6. The maximum Gasteiger partial charge on any atom is 0.243 e. The molecule has 33 heavy (non-hydrogen) atoms. The highest BCUT2D eigenvalue weighted by Gasteiger charge is 2.32. The molecule has 0 spiro atoms. The summed E-state index contributed by atoms with van der Waals surface area (Å²) in [5, 5.41) is 2.86. The number of nitrogens with one attached hydrogen (secondary N) is 2. The minimum atomic E-state index is -3.67. The van der Waals surface area contributed by atoms with E-state index < -0.39 is 10.0 Å². The van der Waals surface area contributed by atoms with E-state index in [-0.39, 0.29) is 16.7 Å². The van der Waals surface area contributed by atoms with E-state index in [0.29, 0.717) is 55.1 Å². The number of amides is 1. The first-order chi connectivity index (χ1) is 16.0. The van der Waals surface area contributed by atoms with Gasteiger partial charge in [-0.3, -0.25) is 4.79 Å². The first-order valence-electron chi connectivity index (χ1n) is 10.9. The molecule has 170 valence electrons. The monoisotopic (exact) mass is 464 g/mol. The lowest BCUT2D eigenvalue weighted by Crippen LogP contribution is -2.42. The Labute approximate surface area is 191 Å². The van der Waals surface area contributed by atoms with Crippen molar-refractivity contribution in [2.24, 2.45) is 5.92 Å². The average Bonchev–Trinajstić information content (AvgIpc) is 3.52. The summed E-state index contributed by atoms with van der Waals surface area (Å²) in [5.41, 5.74) is 2.31. The zero-order valence-electron chi connectivity index (χ0n) is 17.9. The van der Waals surface area contributed by atoms with Crippen LogP contribution in [0.15, 0.2) is 76.2 Å². The number of carbonyl (C=O) groups is 1. The fraction of sp³-hybridized carbons (Fsp3) is 0.250. The number of aromatic amines is 1. The molecule has 4 aromatic rings. The van der Waals surface area contributed by atoms with Gasteiger partial charge in [0.25, 0.3) is 0 Å². The number of hydrogen-bond acceptors (Lipinski definition) is 5. The lowest BCUT2D eigenvalue weighted by molar-refractivity contribution is -0.126.